The van der Waals surface area contributed by atoms with Gasteiger partial charge in [-0.2, -0.15) is 5.26 Å². The average Bonchev–Trinajstić information content (AvgIpc) is 2.28. The molecule has 1 heterocycles. The highest BCUT2D eigenvalue weighted by atomic mass is 16.3. The van der Waals surface area contributed by atoms with Gasteiger partial charge in [0.2, 0.25) is 5.95 Å². The maximum absolute atomic E-state index is 9.19. The van der Waals surface area contributed by atoms with Crippen molar-refractivity contribution in [3.63, 3.8) is 0 Å². The molecule has 15 heavy (non-hydrogen) atoms. The molecule has 0 saturated heterocycles. The summed E-state index contributed by atoms with van der Waals surface area (Å²) in [7, 11) is 1.78. The SMILES string of the molecule is CN(c1nccc(C#N)n1)C(C)(C)CO. The van der Waals surface area contributed by atoms with E-state index in [0.29, 0.717) is 11.6 Å². The molecule has 1 aromatic heterocycles. The van der Waals surface area contributed by atoms with Crippen molar-refractivity contribution in [2.75, 3.05) is 18.6 Å². The second kappa shape index (κ2) is 4.24. The number of anilines is 1. The lowest BCUT2D eigenvalue weighted by molar-refractivity contribution is 0.215. The minimum Gasteiger partial charge on any atom is -0.394 e. The van der Waals surface area contributed by atoms with Crippen molar-refractivity contribution in [2.24, 2.45) is 0 Å². The molecule has 0 amide bonds. The first-order chi connectivity index (χ1) is 7.01. The van der Waals surface area contributed by atoms with Crippen molar-refractivity contribution in [3.05, 3.63) is 18.0 Å². The van der Waals surface area contributed by atoms with E-state index in [9.17, 15) is 5.11 Å². The van der Waals surface area contributed by atoms with E-state index >= 15 is 0 Å². The highest BCUT2D eigenvalue weighted by molar-refractivity contribution is 5.35. The van der Waals surface area contributed by atoms with Crippen LogP contribution in [0, 0.1) is 11.3 Å². The Bertz CT molecular complexity index is 383. The molecule has 0 saturated carbocycles. The van der Waals surface area contributed by atoms with Crippen LogP contribution in [0.1, 0.15) is 19.5 Å². The Hall–Kier alpha value is -1.67. The van der Waals surface area contributed by atoms with Gasteiger partial charge in [-0.1, -0.05) is 0 Å². The lowest BCUT2D eigenvalue weighted by Gasteiger charge is -2.33. The molecule has 1 aromatic rings. The summed E-state index contributed by atoms with van der Waals surface area (Å²) in [4.78, 5) is 9.85. The number of aromatic nitrogens is 2. The zero-order chi connectivity index (χ0) is 11.5. The van der Waals surface area contributed by atoms with E-state index in [1.54, 1.807) is 18.0 Å². The van der Waals surface area contributed by atoms with Gasteiger partial charge in [-0.3, -0.25) is 0 Å². The first kappa shape index (κ1) is 11.4. The fourth-order valence-electron chi connectivity index (χ4n) is 0.949. The summed E-state index contributed by atoms with van der Waals surface area (Å²) in [5, 5.41) is 17.9. The zero-order valence-electron chi connectivity index (χ0n) is 9.10. The van der Waals surface area contributed by atoms with Crippen LogP contribution < -0.4 is 4.90 Å². The number of hydrogen-bond donors (Lipinski definition) is 1. The zero-order valence-corrected chi connectivity index (χ0v) is 9.10. The number of likely N-dealkylation sites (N-methyl/N-ethyl adjacent to an activating group) is 1. The summed E-state index contributed by atoms with van der Waals surface area (Å²) in [5.74, 6) is 0.438. The smallest absolute Gasteiger partial charge is 0.226 e. The van der Waals surface area contributed by atoms with Crippen molar-refractivity contribution in [1.29, 1.82) is 5.26 Å². The number of hydrogen-bond acceptors (Lipinski definition) is 5. The molecular weight excluding hydrogens is 192 g/mol. The van der Waals surface area contributed by atoms with Crippen molar-refractivity contribution < 1.29 is 5.11 Å². The minimum atomic E-state index is -0.450. The van der Waals surface area contributed by atoms with E-state index in [1.165, 1.54) is 6.20 Å². The Morgan fingerprint density at radius 3 is 2.80 bits per heavy atom. The standard InChI is InChI=1S/C10H14N4O/c1-10(2,7-15)14(3)9-12-5-4-8(6-11)13-9/h4-5,15H,7H2,1-3H3. The van der Waals surface area contributed by atoms with Crippen LogP contribution in [-0.2, 0) is 0 Å². The van der Waals surface area contributed by atoms with Gasteiger partial charge in [0.1, 0.15) is 11.8 Å². The Morgan fingerprint density at radius 2 is 2.27 bits per heavy atom. The summed E-state index contributed by atoms with van der Waals surface area (Å²) in [6.45, 7) is 3.73. The highest BCUT2D eigenvalue weighted by Crippen LogP contribution is 2.17. The monoisotopic (exact) mass is 206 g/mol. The molecule has 0 aliphatic rings. The topological polar surface area (TPSA) is 73.0 Å². The molecule has 0 fully saturated rings. The molecule has 0 radical (unpaired) electrons. The van der Waals surface area contributed by atoms with E-state index in [0.717, 1.165) is 0 Å². The molecule has 80 valence electrons. The van der Waals surface area contributed by atoms with Gasteiger partial charge in [0.05, 0.1) is 12.1 Å². The van der Waals surface area contributed by atoms with Gasteiger partial charge in [-0.05, 0) is 19.9 Å². The molecule has 0 unspecified atom stereocenters. The molecular formula is C10H14N4O. The highest BCUT2D eigenvalue weighted by Gasteiger charge is 2.24. The van der Waals surface area contributed by atoms with Gasteiger partial charge in [-0.25, -0.2) is 9.97 Å². The number of nitriles is 1. The summed E-state index contributed by atoms with van der Waals surface area (Å²) < 4.78 is 0. The summed E-state index contributed by atoms with van der Waals surface area (Å²) in [6, 6.07) is 3.50. The molecule has 0 aliphatic carbocycles. The predicted molar refractivity (Wildman–Crippen MR) is 56.3 cm³/mol. The van der Waals surface area contributed by atoms with E-state index in [2.05, 4.69) is 9.97 Å². The van der Waals surface area contributed by atoms with Crippen LogP contribution in [0.3, 0.4) is 0 Å². The number of aliphatic hydroxyl groups excluding tert-OH is 1. The van der Waals surface area contributed by atoms with Crippen LogP contribution in [0.2, 0.25) is 0 Å². The summed E-state index contributed by atoms with van der Waals surface area (Å²) in [5.41, 5.74) is -0.130. The fourth-order valence-corrected chi connectivity index (χ4v) is 0.949. The van der Waals surface area contributed by atoms with Crippen LogP contribution in [0.5, 0.6) is 0 Å². The van der Waals surface area contributed by atoms with E-state index in [-0.39, 0.29) is 6.61 Å². The van der Waals surface area contributed by atoms with Crippen molar-refractivity contribution in [2.45, 2.75) is 19.4 Å². The second-order valence-electron chi connectivity index (χ2n) is 3.88. The predicted octanol–water partition coefficient (Wildman–Crippen LogP) is 0.555. The Morgan fingerprint density at radius 1 is 1.60 bits per heavy atom. The van der Waals surface area contributed by atoms with Crippen LogP contribution in [0.15, 0.2) is 12.3 Å². The molecule has 1 rings (SSSR count). The average molecular weight is 206 g/mol. The third-order valence-corrected chi connectivity index (χ3v) is 2.35. The van der Waals surface area contributed by atoms with Crippen LogP contribution in [-0.4, -0.2) is 34.3 Å². The summed E-state index contributed by atoms with van der Waals surface area (Å²) >= 11 is 0. The van der Waals surface area contributed by atoms with Gasteiger partial charge >= 0.3 is 0 Å². The maximum atomic E-state index is 9.19. The molecule has 0 aromatic carbocycles. The molecule has 0 atom stereocenters. The van der Waals surface area contributed by atoms with Gasteiger partial charge in [0.15, 0.2) is 0 Å². The van der Waals surface area contributed by atoms with Crippen molar-refractivity contribution in [1.82, 2.24) is 9.97 Å². The number of rotatable bonds is 3. The Kier molecular flexibility index (Phi) is 3.22. The normalized spacial score (nSPS) is 10.9. The largest absolute Gasteiger partial charge is 0.394 e. The van der Waals surface area contributed by atoms with E-state index in [1.807, 2.05) is 19.9 Å². The Labute approximate surface area is 89.0 Å². The lowest BCUT2D eigenvalue weighted by atomic mass is 10.1. The second-order valence-corrected chi connectivity index (χ2v) is 3.88. The first-order valence-electron chi connectivity index (χ1n) is 4.59. The number of aliphatic hydroxyl groups is 1. The molecule has 0 bridgehead atoms. The van der Waals surface area contributed by atoms with Crippen LogP contribution in [0.4, 0.5) is 5.95 Å². The van der Waals surface area contributed by atoms with Crippen molar-refractivity contribution in [3.8, 4) is 6.07 Å². The van der Waals surface area contributed by atoms with Gasteiger partial charge in [0.25, 0.3) is 0 Å². The fraction of sp³-hybridized carbons (Fsp3) is 0.500. The van der Waals surface area contributed by atoms with Gasteiger partial charge in [-0.15, -0.1) is 0 Å². The van der Waals surface area contributed by atoms with Gasteiger partial charge < -0.3 is 10.0 Å². The Balaban J connectivity index is 3.02. The van der Waals surface area contributed by atoms with E-state index in [4.69, 9.17) is 5.26 Å². The molecule has 5 nitrogen and oxygen atoms in total. The number of nitrogens with zero attached hydrogens (tertiary/aromatic N) is 4. The van der Waals surface area contributed by atoms with E-state index < -0.39 is 5.54 Å². The third kappa shape index (κ3) is 2.42. The van der Waals surface area contributed by atoms with Gasteiger partial charge in [0, 0.05) is 13.2 Å². The molecule has 1 N–H and O–H groups in total. The van der Waals surface area contributed by atoms with Crippen molar-refractivity contribution >= 4 is 5.95 Å². The lowest BCUT2D eigenvalue weighted by Crippen LogP contribution is -2.45. The van der Waals surface area contributed by atoms with Crippen LogP contribution >= 0.6 is 0 Å². The third-order valence-electron chi connectivity index (χ3n) is 2.35. The molecule has 0 aliphatic heterocycles. The summed E-state index contributed by atoms with van der Waals surface area (Å²) in [6.07, 6.45) is 1.53. The molecule has 5 heteroatoms. The maximum Gasteiger partial charge on any atom is 0.226 e. The van der Waals surface area contributed by atoms with Crippen LogP contribution in [0.25, 0.3) is 0 Å². The molecule has 0 spiro atoms. The quantitative estimate of drug-likeness (QED) is 0.782. The minimum absolute atomic E-state index is 0.0103. The first-order valence-corrected chi connectivity index (χ1v) is 4.59.